The lowest BCUT2D eigenvalue weighted by Gasteiger charge is -2.13. The number of nitrogens with zero attached hydrogens (tertiary/aromatic N) is 2. The van der Waals surface area contributed by atoms with Gasteiger partial charge < -0.3 is 10.6 Å². The van der Waals surface area contributed by atoms with Crippen LogP contribution < -0.4 is 10.6 Å². The molecule has 3 aromatic rings. The first-order valence-corrected chi connectivity index (χ1v) is 8.63. The van der Waals surface area contributed by atoms with Crippen LogP contribution in [-0.2, 0) is 6.54 Å². The maximum Gasteiger partial charge on any atom is 0.274 e. The molecule has 132 valence electrons. The second-order valence-corrected chi connectivity index (χ2v) is 6.30. The second kappa shape index (κ2) is 8.25. The third-order valence-electron chi connectivity index (χ3n) is 4.02. The predicted molar refractivity (Wildman–Crippen MR) is 104 cm³/mol. The highest BCUT2D eigenvalue weighted by Gasteiger charge is 2.12. The van der Waals surface area contributed by atoms with Crippen molar-refractivity contribution in [2.24, 2.45) is 0 Å². The Morgan fingerprint density at radius 3 is 2.58 bits per heavy atom. The summed E-state index contributed by atoms with van der Waals surface area (Å²) in [6.07, 6.45) is 3.39. The molecule has 0 aliphatic rings. The van der Waals surface area contributed by atoms with Gasteiger partial charge in [0.05, 0.1) is 12.2 Å². The molecule has 1 aromatic carbocycles. The molecule has 5 nitrogen and oxygen atoms in total. The zero-order chi connectivity index (χ0) is 18.4. The van der Waals surface area contributed by atoms with E-state index in [9.17, 15) is 4.79 Å². The van der Waals surface area contributed by atoms with Crippen molar-refractivity contribution >= 4 is 17.3 Å². The number of para-hydroxylation sites is 1. The van der Waals surface area contributed by atoms with E-state index in [-0.39, 0.29) is 5.91 Å². The summed E-state index contributed by atoms with van der Waals surface area (Å²) in [5.74, 6) is 0.102. The second-order valence-electron chi connectivity index (χ2n) is 6.30. The summed E-state index contributed by atoms with van der Waals surface area (Å²) in [5.41, 5.74) is 4.05. The van der Waals surface area contributed by atoms with E-state index in [0.29, 0.717) is 18.2 Å². The minimum atomic E-state index is -0.223. The van der Waals surface area contributed by atoms with Crippen LogP contribution in [-0.4, -0.2) is 15.9 Å². The molecule has 0 bridgehead atoms. The van der Waals surface area contributed by atoms with Crippen molar-refractivity contribution in [2.45, 2.75) is 26.3 Å². The highest BCUT2D eigenvalue weighted by atomic mass is 16.1. The summed E-state index contributed by atoms with van der Waals surface area (Å²) in [4.78, 5) is 21.1. The molecular formula is C21H22N4O. The zero-order valence-corrected chi connectivity index (χ0v) is 14.9. The standard InChI is InChI=1S/C21H22N4O/c1-15(2)18-8-3-4-9-19(18)25-21(26)20-13-16(10-12-23-20)24-14-17-7-5-6-11-22-17/h3-13,15H,14H2,1-2H3,(H,23,24)(H,25,26). The third-order valence-corrected chi connectivity index (χ3v) is 4.02. The summed E-state index contributed by atoms with van der Waals surface area (Å²) in [6.45, 7) is 4.79. The van der Waals surface area contributed by atoms with E-state index in [1.54, 1.807) is 18.5 Å². The van der Waals surface area contributed by atoms with Gasteiger partial charge in [0.25, 0.3) is 5.91 Å². The quantitative estimate of drug-likeness (QED) is 0.691. The Bertz CT molecular complexity index is 878. The number of pyridine rings is 2. The van der Waals surface area contributed by atoms with Gasteiger partial charge in [-0.15, -0.1) is 0 Å². The number of rotatable bonds is 6. The van der Waals surface area contributed by atoms with Gasteiger partial charge in [-0.05, 0) is 41.8 Å². The summed E-state index contributed by atoms with van der Waals surface area (Å²) in [7, 11) is 0. The van der Waals surface area contributed by atoms with E-state index in [2.05, 4.69) is 34.4 Å². The van der Waals surface area contributed by atoms with Gasteiger partial charge in [-0.2, -0.15) is 0 Å². The summed E-state index contributed by atoms with van der Waals surface area (Å²) in [5, 5.41) is 6.23. The minimum Gasteiger partial charge on any atom is -0.379 e. The number of carbonyl (C=O) groups is 1. The van der Waals surface area contributed by atoms with E-state index in [0.717, 1.165) is 22.6 Å². The zero-order valence-electron chi connectivity index (χ0n) is 14.9. The van der Waals surface area contributed by atoms with Crippen LogP contribution in [0.15, 0.2) is 67.0 Å². The van der Waals surface area contributed by atoms with Gasteiger partial charge in [0.15, 0.2) is 0 Å². The van der Waals surface area contributed by atoms with Gasteiger partial charge >= 0.3 is 0 Å². The van der Waals surface area contributed by atoms with Crippen molar-refractivity contribution in [3.8, 4) is 0 Å². The first kappa shape index (κ1) is 17.6. The van der Waals surface area contributed by atoms with Crippen molar-refractivity contribution in [1.82, 2.24) is 9.97 Å². The molecule has 0 saturated carbocycles. The Kier molecular flexibility index (Phi) is 5.59. The smallest absolute Gasteiger partial charge is 0.274 e. The van der Waals surface area contributed by atoms with Crippen molar-refractivity contribution in [1.29, 1.82) is 0 Å². The van der Waals surface area contributed by atoms with E-state index in [1.165, 1.54) is 0 Å². The minimum absolute atomic E-state index is 0.223. The van der Waals surface area contributed by atoms with Gasteiger partial charge in [0, 0.05) is 23.8 Å². The highest BCUT2D eigenvalue weighted by molar-refractivity contribution is 6.03. The van der Waals surface area contributed by atoms with Crippen LogP contribution in [0.2, 0.25) is 0 Å². The van der Waals surface area contributed by atoms with Crippen LogP contribution in [0.1, 0.15) is 41.5 Å². The maximum atomic E-state index is 12.6. The topological polar surface area (TPSA) is 66.9 Å². The van der Waals surface area contributed by atoms with Crippen molar-refractivity contribution in [2.75, 3.05) is 10.6 Å². The van der Waals surface area contributed by atoms with Crippen LogP contribution in [0.4, 0.5) is 11.4 Å². The number of amides is 1. The number of anilines is 2. The first-order valence-electron chi connectivity index (χ1n) is 8.63. The number of carbonyl (C=O) groups excluding carboxylic acids is 1. The summed E-state index contributed by atoms with van der Waals surface area (Å²) >= 11 is 0. The summed E-state index contributed by atoms with van der Waals surface area (Å²) in [6, 6.07) is 17.2. The molecule has 2 N–H and O–H groups in total. The molecule has 0 fully saturated rings. The van der Waals surface area contributed by atoms with E-state index in [4.69, 9.17) is 0 Å². The van der Waals surface area contributed by atoms with Gasteiger partial charge in [0.1, 0.15) is 5.69 Å². The van der Waals surface area contributed by atoms with Crippen molar-refractivity contribution in [3.63, 3.8) is 0 Å². The lowest BCUT2D eigenvalue weighted by atomic mass is 10.0. The number of benzene rings is 1. The predicted octanol–water partition coefficient (Wildman–Crippen LogP) is 4.46. The molecule has 0 unspecified atom stereocenters. The van der Waals surface area contributed by atoms with Gasteiger partial charge in [0.2, 0.25) is 0 Å². The molecule has 0 aliphatic carbocycles. The van der Waals surface area contributed by atoms with Crippen LogP contribution in [0.3, 0.4) is 0 Å². The van der Waals surface area contributed by atoms with Gasteiger partial charge in [-0.25, -0.2) is 0 Å². The number of aromatic nitrogens is 2. The van der Waals surface area contributed by atoms with E-state index >= 15 is 0 Å². The van der Waals surface area contributed by atoms with Crippen LogP contribution in [0.25, 0.3) is 0 Å². The monoisotopic (exact) mass is 346 g/mol. The number of hydrogen-bond acceptors (Lipinski definition) is 4. The fourth-order valence-electron chi connectivity index (χ4n) is 2.66. The molecule has 2 aromatic heterocycles. The van der Waals surface area contributed by atoms with Crippen LogP contribution in [0.5, 0.6) is 0 Å². The van der Waals surface area contributed by atoms with Crippen LogP contribution >= 0.6 is 0 Å². The fourth-order valence-corrected chi connectivity index (χ4v) is 2.66. The largest absolute Gasteiger partial charge is 0.379 e. The molecule has 5 heteroatoms. The first-order chi connectivity index (χ1) is 12.6. The molecule has 0 aliphatic heterocycles. The van der Waals surface area contributed by atoms with E-state index < -0.39 is 0 Å². The molecule has 0 radical (unpaired) electrons. The lowest BCUT2D eigenvalue weighted by Crippen LogP contribution is -2.15. The van der Waals surface area contributed by atoms with Crippen molar-refractivity contribution < 1.29 is 4.79 Å². The highest BCUT2D eigenvalue weighted by Crippen LogP contribution is 2.24. The SMILES string of the molecule is CC(C)c1ccccc1NC(=O)c1cc(NCc2ccccn2)ccn1. The molecule has 0 atom stereocenters. The molecule has 1 amide bonds. The number of nitrogens with one attached hydrogen (secondary N) is 2. The van der Waals surface area contributed by atoms with Crippen LogP contribution in [0, 0.1) is 0 Å². The molecule has 3 rings (SSSR count). The Balaban J connectivity index is 1.70. The molecule has 2 heterocycles. The fraction of sp³-hybridized carbons (Fsp3) is 0.190. The average molecular weight is 346 g/mol. The molecule has 26 heavy (non-hydrogen) atoms. The average Bonchev–Trinajstić information content (AvgIpc) is 2.67. The lowest BCUT2D eigenvalue weighted by molar-refractivity contribution is 0.102. The maximum absolute atomic E-state index is 12.6. The third kappa shape index (κ3) is 4.45. The van der Waals surface area contributed by atoms with Gasteiger partial charge in [-0.1, -0.05) is 38.1 Å². The number of hydrogen-bond donors (Lipinski definition) is 2. The Labute approximate surface area is 153 Å². The van der Waals surface area contributed by atoms with Crippen molar-refractivity contribution in [3.05, 3.63) is 83.9 Å². The molecule has 0 spiro atoms. The van der Waals surface area contributed by atoms with Gasteiger partial charge in [-0.3, -0.25) is 14.8 Å². The normalized spacial score (nSPS) is 10.6. The molecular weight excluding hydrogens is 324 g/mol. The summed E-state index contributed by atoms with van der Waals surface area (Å²) < 4.78 is 0. The Hall–Kier alpha value is -3.21. The molecule has 0 saturated heterocycles. The Morgan fingerprint density at radius 1 is 1.00 bits per heavy atom. The van der Waals surface area contributed by atoms with E-state index in [1.807, 2.05) is 48.5 Å². The Morgan fingerprint density at radius 2 is 1.81 bits per heavy atom.